The molecule has 1 aliphatic rings. The fourth-order valence-corrected chi connectivity index (χ4v) is 4.67. The number of rotatable bonds is 4. The summed E-state index contributed by atoms with van der Waals surface area (Å²) in [5.74, 6) is 0.989. The number of methoxy groups -OCH3 is 2. The standard InChI is InChI=1S/C21H22N2O3S/c1-25-16-9-8-13(11-17(16)26-2)19(24)20-18(22)14-10-12-6-4-3-5-7-15(12)23-21(14)27-20/h8-11H,3-7,22H2,1-2H3. The number of hydrogen-bond acceptors (Lipinski definition) is 6. The molecule has 0 spiro atoms. The van der Waals surface area contributed by atoms with Gasteiger partial charge in [-0.1, -0.05) is 6.42 Å². The molecule has 140 valence electrons. The third-order valence-electron chi connectivity index (χ3n) is 5.10. The number of carbonyl (C=O) groups is 1. The molecule has 27 heavy (non-hydrogen) atoms. The van der Waals surface area contributed by atoms with Gasteiger partial charge in [0.15, 0.2) is 11.5 Å². The maximum absolute atomic E-state index is 13.1. The molecule has 0 saturated carbocycles. The Balaban J connectivity index is 1.77. The summed E-state index contributed by atoms with van der Waals surface area (Å²) in [5.41, 5.74) is 9.84. The van der Waals surface area contributed by atoms with E-state index in [2.05, 4.69) is 6.07 Å². The maximum Gasteiger partial charge on any atom is 0.205 e. The molecule has 0 unspecified atom stereocenters. The van der Waals surface area contributed by atoms with E-state index in [0.29, 0.717) is 27.6 Å². The van der Waals surface area contributed by atoms with E-state index in [1.54, 1.807) is 32.4 Å². The second-order valence-corrected chi connectivity index (χ2v) is 7.75. The predicted octanol–water partition coefficient (Wildman–Crippen LogP) is 4.40. The molecule has 0 radical (unpaired) electrons. The summed E-state index contributed by atoms with van der Waals surface area (Å²) in [6.07, 6.45) is 5.63. The van der Waals surface area contributed by atoms with Gasteiger partial charge in [0.05, 0.1) is 19.9 Å². The van der Waals surface area contributed by atoms with Crippen LogP contribution in [0.1, 0.15) is 45.8 Å². The largest absolute Gasteiger partial charge is 0.493 e. The topological polar surface area (TPSA) is 74.4 Å². The van der Waals surface area contributed by atoms with Gasteiger partial charge in [0.1, 0.15) is 9.71 Å². The molecule has 2 heterocycles. The van der Waals surface area contributed by atoms with E-state index in [0.717, 1.165) is 28.8 Å². The number of carbonyl (C=O) groups excluding carboxylic acids is 1. The van der Waals surface area contributed by atoms with Crippen LogP contribution in [0.15, 0.2) is 24.3 Å². The highest BCUT2D eigenvalue weighted by molar-refractivity contribution is 7.21. The summed E-state index contributed by atoms with van der Waals surface area (Å²) in [6, 6.07) is 7.29. The van der Waals surface area contributed by atoms with Gasteiger partial charge in [-0.2, -0.15) is 0 Å². The Hall–Kier alpha value is -2.60. The van der Waals surface area contributed by atoms with Crippen LogP contribution in [-0.2, 0) is 12.8 Å². The Kier molecular flexibility index (Phi) is 4.74. The van der Waals surface area contributed by atoms with Crippen molar-refractivity contribution >= 4 is 33.0 Å². The minimum absolute atomic E-state index is 0.119. The van der Waals surface area contributed by atoms with Crippen molar-refractivity contribution in [3.05, 3.63) is 46.0 Å². The SMILES string of the molecule is COc1ccc(C(=O)c2sc3nc4c(cc3c2N)CCCCC4)cc1OC. The van der Waals surface area contributed by atoms with Gasteiger partial charge in [0.2, 0.25) is 5.78 Å². The lowest BCUT2D eigenvalue weighted by Crippen LogP contribution is -2.03. The van der Waals surface area contributed by atoms with Crippen LogP contribution < -0.4 is 15.2 Å². The van der Waals surface area contributed by atoms with E-state index >= 15 is 0 Å². The number of thiophene rings is 1. The molecule has 0 bridgehead atoms. The highest BCUT2D eigenvalue weighted by Gasteiger charge is 2.22. The Morgan fingerprint density at radius 3 is 2.63 bits per heavy atom. The van der Waals surface area contributed by atoms with Crippen molar-refractivity contribution in [2.75, 3.05) is 20.0 Å². The average Bonchev–Trinajstić information content (AvgIpc) is 2.86. The number of ketones is 1. The molecule has 0 saturated heterocycles. The summed E-state index contributed by atoms with van der Waals surface area (Å²) < 4.78 is 10.6. The fourth-order valence-electron chi connectivity index (χ4n) is 3.61. The summed E-state index contributed by atoms with van der Waals surface area (Å²) >= 11 is 1.37. The van der Waals surface area contributed by atoms with Crippen molar-refractivity contribution in [2.45, 2.75) is 32.1 Å². The van der Waals surface area contributed by atoms with Crippen LogP contribution in [0.4, 0.5) is 5.69 Å². The molecule has 1 aromatic carbocycles. The molecule has 0 amide bonds. The van der Waals surface area contributed by atoms with Gasteiger partial charge in [0, 0.05) is 16.6 Å². The van der Waals surface area contributed by atoms with E-state index in [9.17, 15) is 4.79 Å². The molecule has 2 aromatic heterocycles. The number of benzene rings is 1. The average molecular weight is 382 g/mol. The zero-order chi connectivity index (χ0) is 19.0. The lowest BCUT2D eigenvalue weighted by molar-refractivity contribution is 0.104. The third kappa shape index (κ3) is 3.14. The molecule has 0 aliphatic heterocycles. The zero-order valence-electron chi connectivity index (χ0n) is 15.5. The Morgan fingerprint density at radius 2 is 1.85 bits per heavy atom. The first-order chi connectivity index (χ1) is 13.1. The van der Waals surface area contributed by atoms with Crippen molar-refractivity contribution in [3.8, 4) is 11.5 Å². The molecule has 3 aromatic rings. The minimum atomic E-state index is -0.119. The first-order valence-electron chi connectivity index (χ1n) is 9.10. The molecular weight excluding hydrogens is 360 g/mol. The molecule has 6 heteroatoms. The summed E-state index contributed by atoms with van der Waals surface area (Å²) in [7, 11) is 3.12. The number of anilines is 1. The van der Waals surface area contributed by atoms with Gasteiger partial charge >= 0.3 is 0 Å². The van der Waals surface area contributed by atoms with E-state index < -0.39 is 0 Å². The molecule has 1 aliphatic carbocycles. The van der Waals surface area contributed by atoms with E-state index in [-0.39, 0.29) is 5.78 Å². The van der Waals surface area contributed by atoms with Crippen molar-refractivity contribution in [3.63, 3.8) is 0 Å². The van der Waals surface area contributed by atoms with Gasteiger partial charge in [-0.05, 0) is 55.5 Å². The second-order valence-electron chi connectivity index (χ2n) is 6.75. The summed E-state index contributed by atoms with van der Waals surface area (Å²) in [4.78, 5) is 19.3. The highest BCUT2D eigenvalue weighted by Crippen LogP contribution is 2.37. The smallest absolute Gasteiger partial charge is 0.205 e. The van der Waals surface area contributed by atoms with E-state index in [1.165, 1.54) is 36.2 Å². The van der Waals surface area contributed by atoms with Gasteiger partial charge in [-0.15, -0.1) is 11.3 Å². The number of nitrogens with two attached hydrogens (primary N) is 1. The molecular formula is C21H22N2O3S. The normalized spacial score (nSPS) is 13.9. The van der Waals surface area contributed by atoms with Gasteiger partial charge in [-0.25, -0.2) is 4.98 Å². The van der Waals surface area contributed by atoms with Crippen LogP contribution in [-0.4, -0.2) is 25.0 Å². The van der Waals surface area contributed by atoms with Crippen molar-refractivity contribution in [1.29, 1.82) is 0 Å². The number of aromatic nitrogens is 1. The fraction of sp³-hybridized carbons (Fsp3) is 0.333. The predicted molar refractivity (Wildman–Crippen MR) is 108 cm³/mol. The first-order valence-corrected chi connectivity index (χ1v) is 9.91. The third-order valence-corrected chi connectivity index (χ3v) is 6.22. The molecule has 0 atom stereocenters. The Labute approximate surface area is 162 Å². The van der Waals surface area contributed by atoms with Crippen LogP contribution in [0.25, 0.3) is 10.2 Å². The van der Waals surface area contributed by atoms with Crippen LogP contribution in [0.2, 0.25) is 0 Å². The lowest BCUT2D eigenvalue weighted by atomic mass is 10.0. The molecule has 5 nitrogen and oxygen atoms in total. The Bertz CT molecular complexity index is 1030. The van der Waals surface area contributed by atoms with Crippen LogP contribution in [0.5, 0.6) is 11.5 Å². The highest BCUT2D eigenvalue weighted by atomic mass is 32.1. The van der Waals surface area contributed by atoms with E-state index in [4.69, 9.17) is 20.2 Å². The minimum Gasteiger partial charge on any atom is -0.493 e. The van der Waals surface area contributed by atoms with Gasteiger partial charge < -0.3 is 15.2 Å². The quantitative estimate of drug-likeness (QED) is 0.535. The van der Waals surface area contributed by atoms with Gasteiger partial charge in [-0.3, -0.25) is 4.79 Å². The molecule has 2 N–H and O–H groups in total. The van der Waals surface area contributed by atoms with Crippen LogP contribution >= 0.6 is 11.3 Å². The van der Waals surface area contributed by atoms with Gasteiger partial charge in [0.25, 0.3) is 0 Å². The number of hydrogen-bond donors (Lipinski definition) is 1. The summed E-state index contributed by atoms with van der Waals surface area (Å²) in [5, 5.41) is 0.893. The number of ether oxygens (including phenoxy) is 2. The number of pyridine rings is 1. The van der Waals surface area contributed by atoms with Crippen LogP contribution in [0, 0.1) is 0 Å². The van der Waals surface area contributed by atoms with Crippen molar-refractivity contribution in [2.24, 2.45) is 0 Å². The maximum atomic E-state index is 13.1. The van der Waals surface area contributed by atoms with E-state index in [1.807, 2.05) is 0 Å². The zero-order valence-corrected chi connectivity index (χ0v) is 16.3. The molecule has 4 rings (SSSR count). The monoisotopic (exact) mass is 382 g/mol. The number of nitrogen functional groups attached to an aromatic ring is 1. The number of nitrogens with zero attached hydrogens (tertiary/aromatic N) is 1. The summed E-state index contributed by atoms with van der Waals surface area (Å²) in [6.45, 7) is 0. The van der Waals surface area contributed by atoms with Crippen molar-refractivity contribution < 1.29 is 14.3 Å². The lowest BCUT2D eigenvalue weighted by Gasteiger charge is -2.08. The Morgan fingerprint density at radius 1 is 1.07 bits per heavy atom. The first kappa shape index (κ1) is 17.8. The second kappa shape index (κ2) is 7.19. The number of aryl methyl sites for hydroxylation is 2. The van der Waals surface area contributed by atoms with Crippen LogP contribution in [0.3, 0.4) is 0 Å². The molecule has 0 fully saturated rings. The number of fused-ring (bicyclic) bond motifs is 2. The van der Waals surface area contributed by atoms with Crippen molar-refractivity contribution in [1.82, 2.24) is 4.98 Å².